The van der Waals surface area contributed by atoms with Gasteiger partial charge in [0, 0.05) is 54.6 Å². The zero-order valence-corrected chi connectivity index (χ0v) is 18.7. The van der Waals surface area contributed by atoms with Crippen molar-refractivity contribution in [2.75, 3.05) is 38.5 Å². The number of nitrogens with zero attached hydrogens (tertiary/aromatic N) is 2. The van der Waals surface area contributed by atoms with E-state index in [0.29, 0.717) is 10.6 Å². The van der Waals surface area contributed by atoms with Gasteiger partial charge in [0.05, 0.1) is 0 Å². The fraction of sp³-hybridized carbons (Fsp3) is 0.682. The van der Waals surface area contributed by atoms with Crippen molar-refractivity contribution in [3.8, 4) is 0 Å². The normalized spacial score (nSPS) is 21.2. The molecule has 1 amide bonds. The second kappa shape index (κ2) is 10.9. The van der Waals surface area contributed by atoms with Gasteiger partial charge in [0.1, 0.15) is 0 Å². The fourth-order valence-electron chi connectivity index (χ4n) is 4.45. The smallest absolute Gasteiger partial charge is 0.251 e. The largest absolute Gasteiger partial charge is 0.350 e. The third-order valence-electron chi connectivity index (χ3n) is 6.11. The van der Waals surface area contributed by atoms with Gasteiger partial charge in [-0.25, -0.2) is 4.31 Å². The van der Waals surface area contributed by atoms with Crippen LogP contribution in [0.5, 0.6) is 0 Å². The van der Waals surface area contributed by atoms with Crippen LogP contribution in [0, 0.1) is 0 Å². The topological polar surface area (TPSA) is 35.6 Å². The van der Waals surface area contributed by atoms with E-state index in [0.717, 1.165) is 32.7 Å². The van der Waals surface area contributed by atoms with Crippen molar-refractivity contribution in [2.45, 2.75) is 57.4 Å². The summed E-state index contributed by atoms with van der Waals surface area (Å²) in [7, 11) is 0. The molecule has 28 heavy (non-hydrogen) atoms. The van der Waals surface area contributed by atoms with Crippen LogP contribution in [0.4, 0.5) is 0 Å². The Labute approximate surface area is 179 Å². The Balaban J connectivity index is 1.63. The molecule has 156 valence electrons. The number of piperazine rings is 1. The van der Waals surface area contributed by atoms with Gasteiger partial charge in [-0.1, -0.05) is 56.2 Å². The summed E-state index contributed by atoms with van der Waals surface area (Å²) in [6.07, 6.45) is 8.78. The van der Waals surface area contributed by atoms with Crippen molar-refractivity contribution in [3.05, 3.63) is 34.9 Å². The van der Waals surface area contributed by atoms with Crippen molar-refractivity contribution in [2.24, 2.45) is 0 Å². The first-order chi connectivity index (χ1) is 13.6. The fourth-order valence-corrected chi connectivity index (χ4v) is 5.44. The van der Waals surface area contributed by atoms with E-state index in [9.17, 15) is 4.79 Å². The first-order valence-corrected chi connectivity index (χ1v) is 12.1. The molecule has 6 heteroatoms. The molecule has 3 rings (SSSR count). The highest BCUT2D eigenvalue weighted by molar-refractivity contribution is 7.97. The molecule has 0 radical (unpaired) electrons. The molecule has 0 bridgehead atoms. The number of rotatable bonds is 7. The summed E-state index contributed by atoms with van der Waals surface area (Å²) in [6, 6.07) is 7.18. The SMILES string of the molecule is CCCSN1CCN(C2(CNC(=O)c3ccc(Cl)cc3)CCCCCC2)CC1. The van der Waals surface area contributed by atoms with Crippen molar-refractivity contribution in [3.63, 3.8) is 0 Å². The Morgan fingerprint density at radius 1 is 1.07 bits per heavy atom. The molecule has 1 aromatic carbocycles. The van der Waals surface area contributed by atoms with Gasteiger partial charge in [-0.3, -0.25) is 9.69 Å². The van der Waals surface area contributed by atoms with Crippen LogP contribution >= 0.6 is 23.5 Å². The average molecular weight is 424 g/mol. The van der Waals surface area contributed by atoms with E-state index in [1.165, 1.54) is 50.7 Å². The molecule has 1 aliphatic carbocycles. The number of hydrogen-bond acceptors (Lipinski definition) is 4. The van der Waals surface area contributed by atoms with E-state index in [1.54, 1.807) is 24.3 Å². The highest BCUT2D eigenvalue weighted by Gasteiger charge is 2.38. The number of carbonyl (C=O) groups excluding carboxylic acids is 1. The Hall–Kier alpha value is -0.750. The lowest BCUT2D eigenvalue weighted by molar-refractivity contribution is 0.0410. The Morgan fingerprint density at radius 2 is 1.71 bits per heavy atom. The third-order valence-corrected chi connectivity index (χ3v) is 7.68. The van der Waals surface area contributed by atoms with Crippen LogP contribution in [0.1, 0.15) is 62.2 Å². The minimum Gasteiger partial charge on any atom is -0.350 e. The molecule has 4 nitrogen and oxygen atoms in total. The highest BCUT2D eigenvalue weighted by atomic mass is 35.5. The molecule has 1 saturated heterocycles. The van der Waals surface area contributed by atoms with Crippen LogP contribution in [0.15, 0.2) is 24.3 Å². The zero-order chi connectivity index (χ0) is 19.8. The number of benzene rings is 1. The maximum Gasteiger partial charge on any atom is 0.251 e. The van der Waals surface area contributed by atoms with Crippen LogP contribution in [0.2, 0.25) is 5.02 Å². The predicted molar refractivity (Wildman–Crippen MR) is 120 cm³/mol. The zero-order valence-electron chi connectivity index (χ0n) is 17.1. The van der Waals surface area contributed by atoms with Gasteiger partial charge >= 0.3 is 0 Å². The Bertz CT molecular complexity index is 609. The third kappa shape index (κ3) is 5.88. The lowest BCUT2D eigenvalue weighted by Gasteiger charge is -2.47. The molecule has 1 saturated carbocycles. The molecule has 0 aromatic heterocycles. The minimum atomic E-state index is 0.0115. The maximum absolute atomic E-state index is 12.7. The molecule has 2 aliphatic rings. The van der Waals surface area contributed by atoms with Gasteiger partial charge in [-0.2, -0.15) is 0 Å². The lowest BCUT2D eigenvalue weighted by atomic mass is 9.87. The quantitative estimate of drug-likeness (QED) is 0.502. The molecular weight excluding hydrogens is 390 g/mol. The Morgan fingerprint density at radius 3 is 2.32 bits per heavy atom. The molecular formula is C22H34ClN3OS. The number of hydrogen-bond donors (Lipinski definition) is 1. The van der Waals surface area contributed by atoms with Crippen molar-refractivity contribution in [1.29, 1.82) is 0 Å². The minimum absolute atomic E-state index is 0.0115. The summed E-state index contributed by atoms with van der Waals surface area (Å²) < 4.78 is 2.52. The summed E-state index contributed by atoms with van der Waals surface area (Å²) in [6.45, 7) is 7.44. The van der Waals surface area contributed by atoms with Gasteiger partial charge in [0.25, 0.3) is 5.91 Å². The Kier molecular flexibility index (Phi) is 8.52. The van der Waals surface area contributed by atoms with E-state index < -0.39 is 0 Å². The van der Waals surface area contributed by atoms with E-state index in [-0.39, 0.29) is 11.4 Å². The maximum atomic E-state index is 12.7. The predicted octanol–water partition coefficient (Wildman–Crippen LogP) is 4.84. The lowest BCUT2D eigenvalue weighted by Crippen LogP contribution is -2.60. The standard InChI is InChI=1S/C22H34ClN3OS/c1-2-17-28-26-15-13-25(14-16-26)22(11-5-3-4-6-12-22)18-24-21(27)19-7-9-20(23)10-8-19/h7-10H,2-6,11-18H2,1H3,(H,24,27). The average Bonchev–Trinajstić information content (AvgIpc) is 2.98. The van der Waals surface area contributed by atoms with Crippen LogP contribution < -0.4 is 5.32 Å². The van der Waals surface area contributed by atoms with E-state index in [2.05, 4.69) is 21.4 Å². The monoisotopic (exact) mass is 423 g/mol. The number of nitrogens with one attached hydrogen (secondary N) is 1. The molecule has 1 aliphatic heterocycles. The van der Waals surface area contributed by atoms with Crippen molar-refractivity contribution < 1.29 is 4.79 Å². The summed E-state index contributed by atoms with van der Waals surface area (Å²) in [5.74, 6) is 1.22. The van der Waals surface area contributed by atoms with Crippen LogP contribution in [0.3, 0.4) is 0 Å². The van der Waals surface area contributed by atoms with Crippen molar-refractivity contribution >= 4 is 29.5 Å². The summed E-state index contributed by atoms with van der Waals surface area (Å²) in [5.41, 5.74) is 0.800. The van der Waals surface area contributed by atoms with Crippen molar-refractivity contribution in [1.82, 2.24) is 14.5 Å². The number of amides is 1. The molecule has 1 N–H and O–H groups in total. The van der Waals surface area contributed by atoms with Crippen LogP contribution in [-0.4, -0.2) is 59.1 Å². The summed E-state index contributed by atoms with van der Waals surface area (Å²) >= 11 is 7.95. The molecule has 2 fully saturated rings. The van der Waals surface area contributed by atoms with E-state index in [1.807, 2.05) is 11.9 Å². The van der Waals surface area contributed by atoms with Crippen LogP contribution in [-0.2, 0) is 0 Å². The second-order valence-electron chi connectivity index (χ2n) is 8.08. The van der Waals surface area contributed by atoms with E-state index >= 15 is 0 Å². The molecule has 0 unspecified atom stereocenters. The second-order valence-corrected chi connectivity index (χ2v) is 9.70. The molecule has 1 aromatic rings. The van der Waals surface area contributed by atoms with E-state index in [4.69, 9.17) is 11.6 Å². The van der Waals surface area contributed by atoms with Gasteiger partial charge in [0.15, 0.2) is 0 Å². The van der Waals surface area contributed by atoms with Gasteiger partial charge < -0.3 is 5.32 Å². The van der Waals surface area contributed by atoms with Gasteiger partial charge in [-0.05, 0) is 43.5 Å². The first-order valence-electron chi connectivity index (χ1n) is 10.8. The molecule has 0 atom stereocenters. The van der Waals surface area contributed by atoms with Gasteiger partial charge in [-0.15, -0.1) is 0 Å². The number of halogens is 1. The summed E-state index contributed by atoms with van der Waals surface area (Å²) in [4.78, 5) is 15.4. The first kappa shape index (κ1) is 21.9. The van der Waals surface area contributed by atoms with Crippen LogP contribution in [0.25, 0.3) is 0 Å². The summed E-state index contributed by atoms with van der Waals surface area (Å²) in [5, 5.41) is 3.92. The van der Waals surface area contributed by atoms with Gasteiger partial charge in [0.2, 0.25) is 0 Å². The number of carbonyl (C=O) groups is 1. The highest BCUT2D eigenvalue weighted by Crippen LogP contribution is 2.33. The molecule has 1 heterocycles. The molecule has 0 spiro atoms.